The highest BCUT2D eigenvalue weighted by Crippen LogP contribution is 2.30. The fourth-order valence-electron chi connectivity index (χ4n) is 2.09. The molecule has 1 saturated heterocycles. The molecule has 0 aromatic carbocycles. The maximum atomic E-state index is 11.6. The van der Waals surface area contributed by atoms with Crippen LogP contribution in [0.15, 0.2) is 0 Å². The predicted octanol–water partition coefficient (Wildman–Crippen LogP) is -0.0441. The molecule has 1 unspecified atom stereocenters. The second kappa shape index (κ2) is 4.37. The Hall–Kier alpha value is -0.810. The standard InChI is InChI=1S/C10H19N3O2/c11-7-10(3-1-4-10)13-9(14)12-8-2-5-15-6-8/h8H,1-7,11H2,(H2,12,13,14). The summed E-state index contributed by atoms with van der Waals surface area (Å²) in [6, 6.07) is 0.0653. The molecule has 86 valence electrons. The first-order chi connectivity index (χ1) is 7.24. The van der Waals surface area contributed by atoms with Gasteiger partial charge in [0.15, 0.2) is 0 Å². The number of ether oxygens (including phenoxy) is 1. The zero-order chi connectivity index (χ0) is 10.7. The van der Waals surface area contributed by atoms with Crippen LogP contribution in [0.1, 0.15) is 25.7 Å². The van der Waals surface area contributed by atoms with E-state index in [0.29, 0.717) is 13.2 Å². The average Bonchev–Trinajstić information content (AvgIpc) is 2.64. The summed E-state index contributed by atoms with van der Waals surface area (Å²) in [6.07, 6.45) is 4.06. The molecule has 2 fully saturated rings. The lowest BCUT2D eigenvalue weighted by molar-refractivity contribution is 0.173. The van der Waals surface area contributed by atoms with Crippen LogP contribution in [0.5, 0.6) is 0 Å². The Morgan fingerprint density at radius 3 is 2.80 bits per heavy atom. The molecule has 5 nitrogen and oxygen atoms in total. The molecule has 1 aliphatic heterocycles. The molecule has 4 N–H and O–H groups in total. The van der Waals surface area contributed by atoms with E-state index in [0.717, 1.165) is 32.3 Å². The summed E-state index contributed by atoms with van der Waals surface area (Å²) < 4.78 is 5.19. The lowest BCUT2D eigenvalue weighted by Gasteiger charge is -2.41. The summed E-state index contributed by atoms with van der Waals surface area (Å²) in [5, 5.41) is 5.88. The van der Waals surface area contributed by atoms with Crippen molar-refractivity contribution in [3.63, 3.8) is 0 Å². The Morgan fingerprint density at radius 2 is 2.33 bits per heavy atom. The van der Waals surface area contributed by atoms with Gasteiger partial charge >= 0.3 is 6.03 Å². The van der Waals surface area contributed by atoms with Crippen molar-refractivity contribution in [1.29, 1.82) is 0 Å². The normalized spacial score (nSPS) is 28.2. The van der Waals surface area contributed by atoms with E-state index in [1.165, 1.54) is 0 Å². The molecule has 0 bridgehead atoms. The van der Waals surface area contributed by atoms with Crippen LogP contribution < -0.4 is 16.4 Å². The highest BCUT2D eigenvalue weighted by Gasteiger charge is 2.37. The van der Waals surface area contributed by atoms with Crippen molar-refractivity contribution in [3.05, 3.63) is 0 Å². The molecule has 2 amide bonds. The van der Waals surface area contributed by atoms with E-state index in [9.17, 15) is 4.79 Å². The number of carbonyl (C=O) groups excluding carboxylic acids is 1. The Bertz CT molecular complexity index is 229. The largest absolute Gasteiger partial charge is 0.379 e. The van der Waals surface area contributed by atoms with E-state index in [-0.39, 0.29) is 17.6 Å². The summed E-state index contributed by atoms with van der Waals surface area (Å²) in [5.74, 6) is 0. The summed E-state index contributed by atoms with van der Waals surface area (Å²) in [4.78, 5) is 11.6. The number of rotatable bonds is 3. The second-order valence-corrected chi connectivity index (χ2v) is 4.50. The van der Waals surface area contributed by atoms with Gasteiger partial charge in [-0.05, 0) is 25.7 Å². The summed E-state index contributed by atoms with van der Waals surface area (Å²) >= 11 is 0. The number of hydrogen-bond donors (Lipinski definition) is 3. The van der Waals surface area contributed by atoms with Gasteiger partial charge in [-0.1, -0.05) is 0 Å². The van der Waals surface area contributed by atoms with Gasteiger partial charge in [0.25, 0.3) is 0 Å². The minimum atomic E-state index is -0.135. The predicted molar refractivity (Wildman–Crippen MR) is 56.5 cm³/mol. The van der Waals surface area contributed by atoms with E-state index >= 15 is 0 Å². The summed E-state index contributed by atoms with van der Waals surface area (Å²) in [5.41, 5.74) is 5.52. The highest BCUT2D eigenvalue weighted by atomic mass is 16.5. The van der Waals surface area contributed by atoms with Gasteiger partial charge in [-0.3, -0.25) is 0 Å². The third-order valence-electron chi connectivity index (χ3n) is 3.34. The van der Waals surface area contributed by atoms with Crippen LogP contribution >= 0.6 is 0 Å². The molecule has 5 heteroatoms. The molecule has 15 heavy (non-hydrogen) atoms. The van der Waals surface area contributed by atoms with Gasteiger partial charge in [0.2, 0.25) is 0 Å². The number of carbonyl (C=O) groups is 1. The molecular weight excluding hydrogens is 194 g/mol. The molecule has 1 atom stereocenters. The maximum absolute atomic E-state index is 11.6. The van der Waals surface area contributed by atoms with E-state index in [2.05, 4.69) is 10.6 Å². The van der Waals surface area contributed by atoms with E-state index in [1.54, 1.807) is 0 Å². The van der Waals surface area contributed by atoms with Crippen molar-refractivity contribution in [2.45, 2.75) is 37.3 Å². The van der Waals surface area contributed by atoms with Crippen molar-refractivity contribution in [1.82, 2.24) is 10.6 Å². The average molecular weight is 213 g/mol. The number of nitrogens with one attached hydrogen (secondary N) is 2. The van der Waals surface area contributed by atoms with Crippen LogP contribution in [0.3, 0.4) is 0 Å². The van der Waals surface area contributed by atoms with E-state index < -0.39 is 0 Å². The topological polar surface area (TPSA) is 76.4 Å². The molecule has 0 aromatic heterocycles. The molecule has 1 aliphatic carbocycles. The number of hydrogen-bond acceptors (Lipinski definition) is 3. The Labute approximate surface area is 89.7 Å². The van der Waals surface area contributed by atoms with Gasteiger partial charge in [-0.15, -0.1) is 0 Å². The maximum Gasteiger partial charge on any atom is 0.315 e. The van der Waals surface area contributed by atoms with Crippen LogP contribution in [0.4, 0.5) is 4.79 Å². The summed E-state index contributed by atoms with van der Waals surface area (Å²) in [6.45, 7) is 1.90. The fourth-order valence-corrected chi connectivity index (χ4v) is 2.09. The quantitative estimate of drug-likeness (QED) is 0.615. The molecule has 2 rings (SSSR count). The molecule has 0 radical (unpaired) electrons. The van der Waals surface area contributed by atoms with Crippen LogP contribution in [-0.2, 0) is 4.74 Å². The number of amides is 2. The van der Waals surface area contributed by atoms with Crippen molar-refractivity contribution >= 4 is 6.03 Å². The third-order valence-corrected chi connectivity index (χ3v) is 3.34. The van der Waals surface area contributed by atoms with E-state index in [1.807, 2.05) is 0 Å². The van der Waals surface area contributed by atoms with Crippen molar-refractivity contribution in [2.75, 3.05) is 19.8 Å². The monoisotopic (exact) mass is 213 g/mol. The molecule has 0 aromatic rings. The lowest BCUT2D eigenvalue weighted by Crippen LogP contribution is -2.61. The molecule has 1 saturated carbocycles. The van der Waals surface area contributed by atoms with Crippen molar-refractivity contribution in [2.24, 2.45) is 5.73 Å². The SMILES string of the molecule is NCC1(NC(=O)NC2CCOC2)CCC1. The zero-order valence-corrected chi connectivity index (χ0v) is 8.92. The Morgan fingerprint density at radius 1 is 1.53 bits per heavy atom. The molecular formula is C10H19N3O2. The zero-order valence-electron chi connectivity index (χ0n) is 8.92. The van der Waals surface area contributed by atoms with Gasteiger partial charge in [-0.2, -0.15) is 0 Å². The Balaban J connectivity index is 1.76. The highest BCUT2D eigenvalue weighted by molar-refractivity contribution is 5.75. The van der Waals surface area contributed by atoms with Gasteiger partial charge in [0, 0.05) is 13.2 Å². The third kappa shape index (κ3) is 2.41. The second-order valence-electron chi connectivity index (χ2n) is 4.50. The first-order valence-electron chi connectivity index (χ1n) is 5.61. The Kier molecular flexibility index (Phi) is 3.11. The molecule has 0 spiro atoms. The van der Waals surface area contributed by atoms with Crippen molar-refractivity contribution in [3.8, 4) is 0 Å². The number of nitrogens with two attached hydrogens (primary N) is 1. The first-order valence-corrected chi connectivity index (χ1v) is 5.61. The van der Waals surface area contributed by atoms with Crippen LogP contribution in [-0.4, -0.2) is 37.4 Å². The van der Waals surface area contributed by atoms with Gasteiger partial charge in [-0.25, -0.2) is 4.79 Å². The molecule has 2 aliphatic rings. The van der Waals surface area contributed by atoms with Crippen molar-refractivity contribution < 1.29 is 9.53 Å². The van der Waals surface area contributed by atoms with Crippen LogP contribution in [0.2, 0.25) is 0 Å². The van der Waals surface area contributed by atoms with Gasteiger partial charge < -0.3 is 21.1 Å². The minimum absolute atomic E-state index is 0.101. The van der Waals surface area contributed by atoms with Gasteiger partial charge in [0.05, 0.1) is 18.2 Å². The lowest BCUT2D eigenvalue weighted by atomic mass is 9.77. The van der Waals surface area contributed by atoms with E-state index in [4.69, 9.17) is 10.5 Å². The van der Waals surface area contributed by atoms with Crippen LogP contribution in [0, 0.1) is 0 Å². The smallest absolute Gasteiger partial charge is 0.315 e. The minimum Gasteiger partial charge on any atom is -0.379 e. The number of urea groups is 1. The van der Waals surface area contributed by atoms with Gasteiger partial charge in [0.1, 0.15) is 0 Å². The summed E-state index contributed by atoms with van der Waals surface area (Å²) in [7, 11) is 0. The first kappa shape index (κ1) is 10.7. The van der Waals surface area contributed by atoms with Crippen LogP contribution in [0.25, 0.3) is 0 Å². The fraction of sp³-hybridized carbons (Fsp3) is 0.900. The molecule has 1 heterocycles.